The van der Waals surface area contributed by atoms with Gasteiger partial charge in [-0.15, -0.1) is 22.7 Å². The first-order chi connectivity index (χ1) is 11.5. The molecule has 0 radical (unpaired) electrons. The normalized spacial score (nSPS) is 15.0. The van der Waals surface area contributed by atoms with Crippen LogP contribution in [0.2, 0.25) is 0 Å². The van der Waals surface area contributed by atoms with E-state index in [1.165, 1.54) is 20.9 Å². The molecule has 24 heavy (non-hydrogen) atoms. The molecule has 1 amide bonds. The Balaban J connectivity index is 1.77. The van der Waals surface area contributed by atoms with Crippen molar-refractivity contribution in [1.29, 1.82) is 0 Å². The van der Waals surface area contributed by atoms with Gasteiger partial charge < -0.3 is 0 Å². The molecule has 132 valence electrons. The third-order valence-electron chi connectivity index (χ3n) is 4.22. The highest BCUT2D eigenvalue weighted by Crippen LogP contribution is 2.32. The molecule has 0 bridgehead atoms. The molecule has 0 saturated carbocycles. The Kier molecular flexibility index (Phi) is 7.16. The zero-order valence-electron chi connectivity index (χ0n) is 13.9. The molecule has 0 spiro atoms. The van der Waals surface area contributed by atoms with Gasteiger partial charge in [-0.1, -0.05) is 18.9 Å². The first-order valence-corrected chi connectivity index (χ1v) is 11.1. The minimum atomic E-state index is -1.32. The van der Waals surface area contributed by atoms with Crippen LogP contribution in [-0.4, -0.2) is 26.3 Å². The molecule has 0 aliphatic heterocycles. The van der Waals surface area contributed by atoms with E-state index < -0.39 is 21.5 Å². The molecule has 0 aliphatic rings. The summed E-state index contributed by atoms with van der Waals surface area (Å²) in [5.74, 6) is -0.567. The van der Waals surface area contributed by atoms with Crippen molar-refractivity contribution in [3.8, 4) is 9.75 Å². The van der Waals surface area contributed by atoms with Gasteiger partial charge in [0.15, 0.2) is 0 Å². The lowest BCUT2D eigenvalue weighted by atomic mass is 10.0. The highest BCUT2D eigenvalue weighted by molar-refractivity contribution is 7.86. The lowest BCUT2D eigenvalue weighted by Crippen LogP contribution is -2.46. The Morgan fingerprint density at radius 2 is 2.04 bits per heavy atom. The van der Waals surface area contributed by atoms with Gasteiger partial charge in [0, 0.05) is 31.7 Å². The standard InChI is InChI=1S/C17H23NO3S3/c1-17(24(2)21,16(19)18-20)11-5-3-4-7-13-9-10-15(23-13)14-8-6-12-22-14/h6,8-10,12,20H,3-5,7,11H2,1-2H3,(H,18,19). The quantitative estimate of drug-likeness (QED) is 0.386. The van der Waals surface area contributed by atoms with Crippen molar-refractivity contribution >= 4 is 39.4 Å². The van der Waals surface area contributed by atoms with Crippen LogP contribution in [0.3, 0.4) is 0 Å². The number of carbonyl (C=O) groups is 1. The van der Waals surface area contributed by atoms with Gasteiger partial charge in [0.2, 0.25) is 0 Å². The van der Waals surface area contributed by atoms with E-state index in [9.17, 15) is 9.00 Å². The molecule has 2 rings (SSSR count). The lowest BCUT2D eigenvalue weighted by molar-refractivity contribution is -0.131. The highest BCUT2D eigenvalue weighted by Gasteiger charge is 2.36. The number of rotatable bonds is 9. The van der Waals surface area contributed by atoms with E-state index in [0.717, 1.165) is 25.7 Å². The third kappa shape index (κ3) is 4.75. The van der Waals surface area contributed by atoms with Crippen LogP contribution in [-0.2, 0) is 22.0 Å². The summed E-state index contributed by atoms with van der Waals surface area (Å²) in [5, 5.41) is 10.9. The average Bonchev–Trinajstić information content (AvgIpc) is 3.24. The monoisotopic (exact) mass is 385 g/mol. The fraction of sp³-hybridized carbons (Fsp3) is 0.471. The minimum Gasteiger partial charge on any atom is -0.289 e. The smallest absolute Gasteiger partial charge is 0.261 e. The van der Waals surface area contributed by atoms with Gasteiger partial charge in [-0.05, 0) is 49.8 Å². The van der Waals surface area contributed by atoms with E-state index in [0.29, 0.717) is 6.42 Å². The second-order valence-corrected chi connectivity index (χ2v) is 9.86. The van der Waals surface area contributed by atoms with Crippen molar-refractivity contribution in [2.75, 3.05) is 6.26 Å². The van der Waals surface area contributed by atoms with Crippen LogP contribution in [0.15, 0.2) is 29.6 Å². The summed E-state index contributed by atoms with van der Waals surface area (Å²) in [6.45, 7) is 1.64. The third-order valence-corrected chi connectivity index (χ3v) is 8.09. The molecule has 0 aromatic carbocycles. The van der Waals surface area contributed by atoms with E-state index in [1.54, 1.807) is 23.7 Å². The van der Waals surface area contributed by atoms with Crippen LogP contribution in [0.1, 0.15) is 37.5 Å². The van der Waals surface area contributed by atoms with Crippen LogP contribution in [0.5, 0.6) is 0 Å². The van der Waals surface area contributed by atoms with Crippen molar-refractivity contribution < 1.29 is 14.2 Å². The molecule has 2 N–H and O–H groups in total. The Bertz CT molecular complexity index is 681. The Morgan fingerprint density at radius 3 is 2.67 bits per heavy atom. The summed E-state index contributed by atoms with van der Waals surface area (Å²) in [6, 6.07) is 8.56. The van der Waals surface area contributed by atoms with Crippen LogP contribution >= 0.6 is 22.7 Å². The number of aryl methyl sites for hydroxylation is 1. The van der Waals surface area contributed by atoms with E-state index in [-0.39, 0.29) is 0 Å². The maximum absolute atomic E-state index is 11.8. The Labute approximate surface area is 153 Å². The molecule has 2 aromatic rings. The summed E-state index contributed by atoms with van der Waals surface area (Å²) < 4.78 is 10.8. The van der Waals surface area contributed by atoms with Gasteiger partial charge in [0.1, 0.15) is 4.75 Å². The van der Waals surface area contributed by atoms with Crippen molar-refractivity contribution in [2.24, 2.45) is 0 Å². The molecule has 2 heterocycles. The summed E-state index contributed by atoms with van der Waals surface area (Å²) in [4.78, 5) is 15.7. The van der Waals surface area contributed by atoms with Crippen molar-refractivity contribution in [3.63, 3.8) is 0 Å². The van der Waals surface area contributed by atoms with Crippen LogP contribution in [0.4, 0.5) is 0 Å². The molecule has 2 atom stereocenters. The molecule has 2 aromatic heterocycles. The number of hydrogen-bond acceptors (Lipinski definition) is 5. The largest absolute Gasteiger partial charge is 0.289 e. The van der Waals surface area contributed by atoms with Crippen molar-refractivity contribution in [3.05, 3.63) is 34.5 Å². The van der Waals surface area contributed by atoms with Crippen molar-refractivity contribution in [1.82, 2.24) is 5.48 Å². The van der Waals surface area contributed by atoms with Gasteiger partial charge >= 0.3 is 0 Å². The van der Waals surface area contributed by atoms with Gasteiger partial charge in [0.25, 0.3) is 5.91 Å². The fourth-order valence-electron chi connectivity index (χ4n) is 2.51. The van der Waals surface area contributed by atoms with Crippen molar-refractivity contribution in [2.45, 2.75) is 43.8 Å². The summed E-state index contributed by atoms with van der Waals surface area (Å²) in [7, 11) is -1.32. The number of hydrogen-bond donors (Lipinski definition) is 2. The van der Waals surface area contributed by atoms with E-state index in [2.05, 4.69) is 29.6 Å². The molecule has 0 fully saturated rings. The average molecular weight is 386 g/mol. The minimum absolute atomic E-state index is 0.507. The van der Waals surface area contributed by atoms with Gasteiger partial charge in [-0.3, -0.25) is 14.2 Å². The second kappa shape index (κ2) is 8.89. The Morgan fingerprint density at radius 1 is 1.25 bits per heavy atom. The topological polar surface area (TPSA) is 66.4 Å². The molecule has 0 aliphatic carbocycles. The van der Waals surface area contributed by atoms with E-state index in [1.807, 2.05) is 11.3 Å². The van der Waals surface area contributed by atoms with Gasteiger partial charge in [0.05, 0.1) is 0 Å². The SMILES string of the molecule is CS(=O)C(C)(CCCCCc1ccc(-c2cccs2)s1)C(=O)NO. The number of unbranched alkanes of at least 4 members (excludes halogenated alkanes) is 2. The molecular weight excluding hydrogens is 362 g/mol. The van der Waals surface area contributed by atoms with Crippen LogP contribution in [0.25, 0.3) is 9.75 Å². The number of carbonyl (C=O) groups excluding carboxylic acids is 1. The summed E-state index contributed by atoms with van der Waals surface area (Å²) in [5.41, 5.74) is 1.64. The maximum Gasteiger partial charge on any atom is 0.261 e. The molecule has 4 nitrogen and oxygen atoms in total. The predicted octanol–water partition coefficient (Wildman–Crippen LogP) is 4.22. The number of nitrogens with one attached hydrogen (secondary N) is 1. The van der Waals surface area contributed by atoms with Crippen LogP contribution in [0, 0.1) is 0 Å². The molecule has 0 saturated heterocycles. The lowest BCUT2D eigenvalue weighted by Gasteiger charge is -2.24. The number of amides is 1. The second-order valence-electron chi connectivity index (χ2n) is 5.93. The molecule has 7 heteroatoms. The maximum atomic E-state index is 11.8. The number of hydroxylamine groups is 1. The zero-order chi connectivity index (χ0) is 17.6. The fourth-order valence-corrected chi connectivity index (χ4v) is 5.13. The van der Waals surface area contributed by atoms with E-state index >= 15 is 0 Å². The first kappa shape index (κ1) is 19.3. The number of thiophene rings is 2. The zero-order valence-corrected chi connectivity index (χ0v) is 16.4. The first-order valence-electron chi connectivity index (χ1n) is 7.88. The molecular formula is C17H23NO3S3. The summed E-state index contributed by atoms with van der Waals surface area (Å²) >= 11 is 3.59. The van der Waals surface area contributed by atoms with Gasteiger partial charge in [-0.25, -0.2) is 5.48 Å². The van der Waals surface area contributed by atoms with Gasteiger partial charge in [-0.2, -0.15) is 0 Å². The van der Waals surface area contributed by atoms with Crippen LogP contribution < -0.4 is 5.48 Å². The highest BCUT2D eigenvalue weighted by atomic mass is 32.2. The predicted molar refractivity (Wildman–Crippen MR) is 102 cm³/mol. The summed E-state index contributed by atoms with van der Waals surface area (Å²) in [6.07, 6.45) is 5.86. The van der Waals surface area contributed by atoms with E-state index in [4.69, 9.17) is 5.21 Å². The Hall–Kier alpha value is -1.02. The molecule has 2 unspecified atom stereocenters.